The SMILES string of the molecule is O=c1[nH]c(NCC2CCOC2)cc2ccccc12. The molecule has 4 heteroatoms. The van der Waals surface area contributed by atoms with Gasteiger partial charge < -0.3 is 15.0 Å². The van der Waals surface area contributed by atoms with Crippen molar-refractivity contribution in [2.75, 3.05) is 25.1 Å². The van der Waals surface area contributed by atoms with Gasteiger partial charge in [0.15, 0.2) is 0 Å². The van der Waals surface area contributed by atoms with Gasteiger partial charge in [-0.25, -0.2) is 0 Å². The largest absolute Gasteiger partial charge is 0.381 e. The zero-order valence-electron chi connectivity index (χ0n) is 10.1. The molecule has 2 aromatic rings. The van der Waals surface area contributed by atoms with E-state index in [9.17, 15) is 4.79 Å². The van der Waals surface area contributed by atoms with E-state index < -0.39 is 0 Å². The molecular weight excluding hydrogens is 228 g/mol. The van der Waals surface area contributed by atoms with Gasteiger partial charge in [0.25, 0.3) is 5.56 Å². The van der Waals surface area contributed by atoms with E-state index in [1.807, 2.05) is 30.3 Å². The third-order valence-corrected chi connectivity index (χ3v) is 3.36. The van der Waals surface area contributed by atoms with E-state index in [0.29, 0.717) is 5.92 Å². The summed E-state index contributed by atoms with van der Waals surface area (Å²) < 4.78 is 5.33. The lowest BCUT2D eigenvalue weighted by Crippen LogP contribution is -2.17. The van der Waals surface area contributed by atoms with E-state index in [4.69, 9.17) is 4.74 Å². The van der Waals surface area contributed by atoms with E-state index >= 15 is 0 Å². The second kappa shape index (κ2) is 4.82. The molecule has 1 aromatic carbocycles. The summed E-state index contributed by atoms with van der Waals surface area (Å²) in [5.74, 6) is 1.32. The lowest BCUT2D eigenvalue weighted by Gasteiger charge is -2.11. The third-order valence-electron chi connectivity index (χ3n) is 3.36. The van der Waals surface area contributed by atoms with Gasteiger partial charge in [0.1, 0.15) is 5.82 Å². The number of nitrogens with one attached hydrogen (secondary N) is 2. The molecule has 0 aliphatic carbocycles. The number of H-pyrrole nitrogens is 1. The third kappa shape index (κ3) is 2.24. The zero-order valence-corrected chi connectivity index (χ0v) is 10.1. The van der Waals surface area contributed by atoms with Crippen LogP contribution in [0.4, 0.5) is 5.82 Å². The van der Waals surface area contributed by atoms with Crippen LogP contribution in [0.3, 0.4) is 0 Å². The number of aromatic amines is 1. The molecule has 1 aromatic heterocycles. The van der Waals surface area contributed by atoms with Crippen LogP contribution in [0.2, 0.25) is 0 Å². The molecule has 1 aliphatic heterocycles. The molecule has 2 N–H and O–H groups in total. The van der Waals surface area contributed by atoms with Gasteiger partial charge in [0.2, 0.25) is 0 Å². The number of anilines is 1. The number of fused-ring (bicyclic) bond motifs is 1. The van der Waals surface area contributed by atoms with Crippen LogP contribution < -0.4 is 10.9 Å². The highest BCUT2D eigenvalue weighted by Gasteiger charge is 2.15. The molecule has 0 saturated carbocycles. The first-order valence-corrected chi connectivity index (χ1v) is 6.26. The predicted octanol–water partition coefficient (Wildman–Crippen LogP) is 1.98. The molecular formula is C14H16N2O2. The Morgan fingerprint density at radius 2 is 2.28 bits per heavy atom. The number of rotatable bonds is 3. The van der Waals surface area contributed by atoms with Crippen molar-refractivity contribution in [1.29, 1.82) is 0 Å². The van der Waals surface area contributed by atoms with Crippen molar-refractivity contribution in [2.24, 2.45) is 5.92 Å². The Morgan fingerprint density at radius 1 is 1.39 bits per heavy atom. The number of benzene rings is 1. The summed E-state index contributed by atoms with van der Waals surface area (Å²) in [4.78, 5) is 14.7. The van der Waals surface area contributed by atoms with Crippen LogP contribution in [0.5, 0.6) is 0 Å². The van der Waals surface area contributed by atoms with Crippen molar-refractivity contribution in [3.63, 3.8) is 0 Å². The maximum atomic E-state index is 11.9. The molecule has 1 aliphatic rings. The van der Waals surface area contributed by atoms with Crippen molar-refractivity contribution in [3.05, 3.63) is 40.7 Å². The van der Waals surface area contributed by atoms with Crippen LogP contribution >= 0.6 is 0 Å². The molecule has 1 unspecified atom stereocenters. The quantitative estimate of drug-likeness (QED) is 0.868. The second-order valence-electron chi connectivity index (χ2n) is 4.71. The highest BCUT2D eigenvalue weighted by Crippen LogP contribution is 2.15. The average Bonchev–Trinajstić information content (AvgIpc) is 2.90. The fraction of sp³-hybridized carbons (Fsp3) is 0.357. The minimum absolute atomic E-state index is 0.0433. The zero-order chi connectivity index (χ0) is 12.4. The van der Waals surface area contributed by atoms with Crippen LogP contribution in [0, 0.1) is 5.92 Å². The van der Waals surface area contributed by atoms with Crippen LogP contribution in [-0.2, 0) is 4.74 Å². The number of ether oxygens (including phenoxy) is 1. The van der Waals surface area contributed by atoms with Crippen molar-refractivity contribution in [3.8, 4) is 0 Å². The van der Waals surface area contributed by atoms with E-state index in [0.717, 1.165) is 42.8 Å². The molecule has 1 saturated heterocycles. The van der Waals surface area contributed by atoms with Gasteiger partial charge in [-0.05, 0) is 23.9 Å². The van der Waals surface area contributed by atoms with Gasteiger partial charge in [0, 0.05) is 24.5 Å². The first kappa shape index (κ1) is 11.3. The highest BCUT2D eigenvalue weighted by molar-refractivity contribution is 5.83. The van der Waals surface area contributed by atoms with Gasteiger partial charge in [-0.1, -0.05) is 18.2 Å². The summed E-state index contributed by atoms with van der Waals surface area (Å²) in [7, 11) is 0. The molecule has 0 spiro atoms. The minimum atomic E-state index is -0.0433. The summed E-state index contributed by atoms with van der Waals surface area (Å²) in [6.45, 7) is 2.50. The molecule has 4 nitrogen and oxygen atoms in total. The monoisotopic (exact) mass is 244 g/mol. The van der Waals surface area contributed by atoms with Gasteiger partial charge in [-0.2, -0.15) is 0 Å². The number of hydrogen-bond donors (Lipinski definition) is 2. The van der Waals surface area contributed by atoms with Crippen LogP contribution in [-0.4, -0.2) is 24.7 Å². The van der Waals surface area contributed by atoms with Gasteiger partial charge >= 0.3 is 0 Å². The lowest BCUT2D eigenvalue weighted by atomic mass is 10.1. The Bertz CT molecular complexity index is 600. The van der Waals surface area contributed by atoms with Crippen LogP contribution in [0.25, 0.3) is 10.8 Å². The number of pyridine rings is 1. The molecule has 0 amide bonds. The van der Waals surface area contributed by atoms with E-state index in [1.165, 1.54) is 0 Å². The number of aromatic nitrogens is 1. The van der Waals surface area contributed by atoms with Gasteiger partial charge in [-0.3, -0.25) is 4.79 Å². The average molecular weight is 244 g/mol. The van der Waals surface area contributed by atoms with E-state index in [1.54, 1.807) is 0 Å². The van der Waals surface area contributed by atoms with Gasteiger partial charge in [-0.15, -0.1) is 0 Å². The van der Waals surface area contributed by atoms with Crippen molar-refractivity contribution < 1.29 is 4.74 Å². The number of hydrogen-bond acceptors (Lipinski definition) is 3. The van der Waals surface area contributed by atoms with E-state index in [2.05, 4.69) is 10.3 Å². The molecule has 94 valence electrons. The van der Waals surface area contributed by atoms with E-state index in [-0.39, 0.29) is 5.56 Å². The molecule has 0 bridgehead atoms. The maximum Gasteiger partial charge on any atom is 0.257 e. The summed E-state index contributed by atoms with van der Waals surface area (Å²) >= 11 is 0. The Balaban J connectivity index is 1.81. The minimum Gasteiger partial charge on any atom is -0.381 e. The fourth-order valence-corrected chi connectivity index (χ4v) is 2.30. The predicted molar refractivity (Wildman–Crippen MR) is 72.0 cm³/mol. The Kier molecular flexibility index (Phi) is 3.02. The molecule has 0 radical (unpaired) electrons. The van der Waals surface area contributed by atoms with Crippen molar-refractivity contribution >= 4 is 16.6 Å². The lowest BCUT2D eigenvalue weighted by molar-refractivity contribution is 0.187. The summed E-state index contributed by atoms with van der Waals surface area (Å²) in [5, 5.41) is 4.98. The summed E-state index contributed by atoms with van der Waals surface area (Å²) in [6.07, 6.45) is 1.09. The second-order valence-corrected chi connectivity index (χ2v) is 4.71. The Hall–Kier alpha value is -1.81. The van der Waals surface area contributed by atoms with Crippen molar-refractivity contribution in [2.45, 2.75) is 6.42 Å². The molecule has 2 heterocycles. The maximum absolute atomic E-state index is 11.9. The Morgan fingerprint density at radius 3 is 3.11 bits per heavy atom. The van der Waals surface area contributed by atoms with Crippen LogP contribution in [0.1, 0.15) is 6.42 Å². The van der Waals surface area contributed by atoms with Gasteiger partial charge in [0.05, 0.1) is 6.61 Å². The molecule has 18 heavy (non-hydrogen) atoms. The standard InChI is InChI=1S/C14H16N2O2/c17-14-12-4-2-1-3-11(12)7-13(16-14)15-8-10-5-6-18-9-10/h1-4,7,10H,5-6,8-9H2,(H2,15,16,17). The molecule has 3 rings (SSSR count). The highest BCUT2D eigenvalue weighted by atomic mass is 16.5. The summed E-state index contributed by atoms with van der Waals surface area (Å²) in [5.41, 5.74) is -0.0433. The topological polar surface area (TPSA) is 54.1 Å². The van der Waals surface area contributed by atoms with Crippen molar-refractivity contribution in [1.82, 2.24) is 4.98 Å². The molecule has 1 fully saturated rings. The first-order chi connectivity index (χ1) is 8.83. The Labute approximate surface area is 105 Å². The molecule has 1 atom stereocenters. The normalized spacial score (nSPS) is 19.2. The summed E-state index contributed by atoms with van der Waals surface area (Å²) in [6, 6.07) is 9.58. The smallest absolute Gasteiger partial charge is 0.257 e. The fourth-order valence-electron chi connectivity index (χ4n) is 2.30. The first-order valence-electron chi connectivity index (χ1n) is 6.26. The van der Waals surface area contributed by atoms with Crippen LogP contribution in [0.15, 0.2) is 35.1 Å².